The van der Waals surface area contributed by atoms with Gasteiger partial charge in [-0.1, -0.05) is 17.7 Å². The number of carbonyl (C=O) groups is 1. The Labute approximate surface area is 125 Å². The molecule has 1 aliphatic heterocycles. The number of ether oxygens (including phenoxy) is 1. The van der Waals surface area contributed by atoms with E-state index >= 15 is 0 Å². The van der Waals surface area contributed by atoms with Crippen LogP contribution in [0.5, 0.6) is 5.75 Å². The molecule has 0 saturated carbocycles. The molecule has 1 heterocycles. The fourth-order valence-electron chi connectivity index (χ4n) is 2.24. The zero-order chi connectivity index (χ0) is 15.1. The van der Waals surface area contributed by atoms with Crippen LogP contribution in [-0.4, -0.2) is 67.0 Å². The van der Waals surface area contributed by atoms with Crippen molar-refractivity contribution >= 4 is 6.03 Å². The molecule has 21 heavy (non-hydrogen) atoms. The van der Waals surface area contributed by atoms with Crippen molar-refractivity contribution in [3.05, 3.63) is 29.8 Å². The van der Waals surface area contributed by atoms with Gasteiger partial charge in [0.1, 0.15) is 5.75 Å². The predicted molar refractivity (Wildman–Crippen MR) is 80.3 cm³/mol. The van der Waals surface area contributed by atoms with Gasteiger partial charge in [0, 0.05) is 32.7 Å². The Hall–Kier alpha value is -1.79. The van der Waals surface area contributed by atoms with Crippen LogP contribution in [-0.2, 0) is 0 Å². The summed E-state index contributed by atoms with van der Waals surface area (Å²) < 4.78 is 5.48. The maximum absolute atomic E-state index is 12.0. The van der Waals surface area contributed by atoms with Crippen molar-refractivity contribution in [3.63, 3.8) is 0 Å². The minimum Gasteiger partial charge on any atom is -0.473 e. The number of rotatable bonds is 5. The van der Waals surface area contributed by atoms with E-state index in [0.717, 1.165) is 18.8 Å². The van der Waals surface area contributed by atoms with E-state index < -0.39 is 0 Å². The maximum Gasteiger partial charge on any atom is 0.320 e. The Morgan fingerprint density at radius 3 is 2.52 bits per heavy atom. The van der Waals surface area contributed by atoms with Crippen LogP contribution >= 0.6 is 0 Å². The Balaban J connectivity index is 1.67. The number of β-amino-alcohol motifs (C(OH)–C–C–N with tert-alkyl or cyclic N) is 1. The number of nitrogens with zero attached hydrogens (tertiary/aromatic N) is 2. The van der Waals surface area contributed by atoms with Gasteiger partial charge in [-0.15, -0.1) is 0 Å². The normalized spacial score (nSPS) is 15.8. The highest BCUT2D eigenvalue weighted by Crippen LogP contribution is 2.10. The first kappa shape index (κ1) is 15.6. The number of amides is 2. The topological polar surface area (TPSA) is 65.0 Å². The van der Waals surface area contributed by atoms with Crippen LogP contribution < -0.4 is 10.1 Å². The highest BCUT2D eigenvalue weighted by Gasteiger charge is 2.20. The summed E-state index contributed by atoms with van der Waals surface area (Å²) in [6, 6.07) is 7.60. The third-order valence-corrected chi connectivity index (χ3v) is 3.56. The minimum atomic E-state index is -0.106. The molecule has 6 heteroatoms. The molecule has 0 radical (unpaired) electrons. The summed E-state index contributed by atoms with van der Waals surface area (Å²) in [6.45, 7) is 5.97. The zero-order valence-electron chi connectivity index (χ0n) is 12.4. The quantitative estimate of drug-likeness (QED) is 0.783. The van der Waals surface area contributed by atoms with Crippen LogP contribution in [0.3, 0.4) is 0 Å². The molecule has 2 N–H and O–H groups in total. The summed E-state index contributed by atoms with van der Waals surface area (Å²) in [4.78, 5) is 15.9. The van der Waals surface area contributed by atoms with Crippen LogP contribution in [0.15, 0.2) is 24.3 Å². The van der Waals surface area contributed by atoms with Gasteiger partial charge in [-0.05, 0) is 19.1 Å². The number of hydrogen-bond donors (Lipinski definition) is 2. The second-order valence-corrected chi connectivity index (χ2v) is 5.14. The van der Waals surface area contributed by atoms with Gasteiger partial charge in [-0.25, -0.2) is 4.79 Å². The van der Waals surface area contributed by atoms with Gasteiger partial charge in [0.25, 0.3) is 0 Å². The number of piperazine rings is 1. The molecular weight excluding hydrogens is 270 g/mol. The number of hydrogen-bond acceptors (Lipinski definition) is 4. The van der Waals surface area contributed by atoms with E-state index in [1.807, 2.05) is 31.2 Å². The molecule has 1 aromatic carbocycles. The molecule has 0 aliphatic carbocycles. The van der Waals surface area contributed by atoms with Crippen LogP contribution in [0.25, 0.3) is 0 Å². The molecule has 6 nitrogen and oxygen atoms in total. The largest absolute Gasteiger partial charge is 0.473 e. The van der Waals surface area contributed by atoms with Crippen LogP contribution in [0.1, 0.15) is 5.56 Å². The van der Waals surface area contributed by atoms with E-state index in [-0.39, 0.29) is 19.4 Å². The van der Waals surface area contributed by atoms with E-state index in [9.17, 15) is 4.79 Å². The lowest BCUT2D eigenvalue weighted by atomic mass is 10.2. The smallest absolute Gasteiger partial charge is 0.320 e. The lowest BCUT2D eigenvalue weighted by Crippen LogP contribution is -2.52. The van der Waals surface area contributed by atoms with Crippen molar-refractivity contribution in [2.45, 2.75) is 6.92 Å². The molecule has 2 amide bonds. The average Bonchev–Trinajstić information content (AvgIpc) is 2.50. The molecular formula is C15H23N3O3. The Kier molecular flexibility index (Phi) is 5.83. The minimum absolute atomic E-state index is 0.106. The third kappa shape index (κ3) is 4.91. The molecule has 0 unspecified atom stereocenters. The summed E-state index contributed by atoms with van der Waals surface area (Å²) in [5.74, 6) is 0.744. The van der Waals surface area contributed by atoms with Crippen LogP contribution in [0.2, 0.25) is 0 Å². The van der Waals surface area contributed by atoms with Gasteiger partial charge < -0.3 is 20.1 Å². The van der Waals surface area contributed by atoms with Gasteiger partial charge in [-0.2, -0.15) is 0 Å². The van der Waals surface area contributed by atoms with Crippen molar-refractivity contribution in [2.75, 3.05) is 46.1 Å². The standard InChI is InChI=1S/C15H23N3O3/c1-13-2-4-14(5-3-13)21-12-16-15(20)18-8-6-17(7-9-18)10-11-19/h2-5,19H,6-12H2,1H3,(H,16,20). The van der Waals surface area contributed by atoms with E-state index in [0.29, 0.717) is 19.6 Å². The van der Waals surface area contributed by atoms with Crippen molar-refractivity contribution in [3.8, 4) is 5.75 Å². The summed E-state index contributed by atoms with van der Waals surface area (Å²) in [5, 5.41) is 11.6. The first-order chi connectivity index (χ1) is 10.2. The maximum atomic E-state index is 12.0. The number of urea groups is 1. The summed E-state index contributed by atoms with van der Waals surface area (Å²) in [7, 11) is 0. The third-order valence-electron chi connectivity index (χ3n) is 3.56. The molecule has 116 valence electrons. The number of nitrogens with one attached hydrogen (secondary N) is 1. The first-order valence-electron chi connectivity index (χ1n) is 7.24. The van der Waals surface area contributed by atoms with Crippen molar-refractivity contribution in [1.82, 2.24) is 15.1 Å². The van der Waals surface area contributed by atoms with Crippen LogP contribution in [0.4, 0.5) is 4.79 Å². The summed E-state index contributed by atoms with van der Waals surface area (Å²) >= 11 is 0. The highest BCUT2D eigenvalue weighted by molar-refractivity contribution is 5.74. The van der Waals surface area contributed by atoms with Gasteiger partial charge >= 0.3 is 6.03 Å². The Bertz CT molecular complexity index is 442. The summed E-state index contributed by atoms with van der Waals surface area (Å²) in [6.07, 6.45) is 0. The SMILES string of the molecule is Cc1ccc(OCNC(=O)N2CCN(CCO)CC2)cc1. The van der Waals surface area contributed by atoms with Gasteiger partial charge in [0.2, 0.25) is 0 Å². The van der Waals surface area contributed by atoms with E-state index in [1.54, 1.807) is 4.90 Å². The zero-order valence-corrected chi connectivity index (χ0v) is 12.4. The van der Waals surface area contributed by atoms with Crippen molar-refractivity contribution < 1.29 is 14.6 Å². The second kappa shape index (κ2) is 7.85. The number of aryl methyl sites for hydroxylation is 1. The first-order valence-corrected chi connectivity index (χ1v) is 7.24. The molecule has 0 aromatic heterocycles. The fraction of sp³-hybridized carbons (Fsp3) is 0.533. The fourth-order valence-corrected chi connectivity index (χ4v) is 2.24. The molecule has 1 fully saturated rings. The Morgan fingerprint density at radius 2 is 1.90 bits per heavy atom. The number of aliphatic hydroxyl groups is 1. The average molecular weight is 293 g/mol. The highest BCUT2D eigenvalue weighted by atomic mass is 16.5. The second-order valence-electron chi connectivity index (χ2n) is 5.14. The lowest BCUT2D eigenvalue weighted by Gasteiger charge is -2.34. The van der Waals surface area contributed by atoms with E-state index in [1.165, 1.54) is 5.56 Å². The predicted octanol–water partition coefficient (Wildman–Crippen LogP) is 0.651. The molecule has 1 aromatic rings. The number of aliphatic hydroxyl groups excluding tert-OH is 1. The van der Waals surface area contributed by atoms with E-state index in [2.05, 4.69) is 10.2 Å². The number of carbonyl (C=O) groups excluding carboxylic acids is 1. The molecule has 2 rings (SSSR count). The lowest BCUT2D eigenvalue weighted by molar-refractivity contribution is 0.119. The van der Waals surface area contributed by atoms with Crippen molar-refractivity contribution in [2.24, 2.45) is 0 Å². The van der Waals surface area contributed by atoms with Crippen molar-refractivity contribution in [1.29, 1.82) is 0 Å². The van der Waals surface area contributed by atoms with Crippen LogP contribution in [0, 0.1) is 6.92 Å². The molecule has 1 saturated heterocycles. The molecule has 0 atom stereocenters. The number of benzene rings is 1. The molecule has 1 aliphatic rings. The van der Waals surface area contributed by atoms with Gasteiger partial charge in [0.05, 0.1) is 6.61 Å². The molecule has 0 spiro atoms. The summed E-state index contributed by atoms with van der Waals surface area (Å²) in [5.41, 5.74) is 1.17. The monoisotopic (exact) mass is 293 g/mol. The van der Waals surface area contributed by atoms with E-state index in [4.69, 9.17) is 9.84 Å². The van der Waals surface area contributed by atoms with Gasteiger partial charge in [-0.3, -0.25) is 4.90 Å². The molecule has 0 bridgehead atoms. The van der Waals surface area contributed by atoms with Gasteiger partial charge in [0.15, 0.2) is 6.73 Å². The Morgan fingerprint density at radius 1 is 1.24 bits per heavy atom.